The normalized spacial score (nSPS) is 17.6. The van der Waals surface area contributed by atoms with Crippen LogP contribution in [0.4, 0.5) is 17.5 Å². The van der Waals surface area contributed by atoms with E-state index in [0.717, 1.165) is 30.7 Å². The maximum atomic E-state index is 11.6. The van der Waals surface area contributed by atoms with Gasteiger partial charge in [0.15, 0.2) is 0 Å². The summed E-state index contributed by atoms with van der Waals surface area (Å²) >= 11 is 0. The molecule has 0 radical (unpaired) electrons. The monoisotopic (exact) mass is 387 g/mol. The van der Waals surface area contributed by atoms with Crippen LogP contribution in [-0.4, -0.2) is 43.0 Å². The molecule has 0 spiro atoms. The van der Waals surface area contributed by atoms with Crippen LogP contribution in [0, 0.1) is 5.92 Å². The molecule has 1 aromatic carbocycles. The van der Waals surface area contributed by atoms with E-state index in [0.29, 0.717) is 29.7 Å². The second kappa shape index (κ2) is 6.80. The van der Waals surface area contributed by atoms with Gasteiger partial charge >= 0.3 is 0 Å². The molecule has 0 unspecified atom stereocenters. The largest absolute Gasteiger partial charge is 0.356 e. The summed E-state index contributed by atoms with van der Waals surface area (Å²) in [5.41, 5.74) is 7.06. The fourth-order valence-corrected chi connectivity index (χ4v) is 3.88. The fraction of sp³-hybridized carbons (Fsp3) is 0.294. The van der Waals surface area contributed by atoms with Gasteiger partial charge in [-0.2, -0.15) is 9.97 Å². The third-order valence-electron chi connectivity index (χ3n) is 4.73. The van der Waals surface area contributed by atoms with Crippen molar-refractivity contribution in [3.8, 4) is 0 Å². The highest BCUT2D eigenvalue weighted by molar-refractivity contribution is 7.89. The van der Waals surface area contributed by atoms with Crippen molar-refractivity contribution in [3.05, 3.63) is 36.5 Å². The van der Waals surface area contributed by atoms with Gasteiger partial charge in [0.05, 0.1) is 10.3 Å². The van der Waals surface area contributed by atoms with Crippen molar-refractivity contribution in [3.63, 3.8) is 0 Å². The Morgan fingerprint density at radius 2 is 2.15 bits per heavy atom. The molecule has 0 amide bonds. The number of benzene rings is 1. The van der Waals surface area contributed by atoms with E-state index < -0.39 is 10.0 Å². The molecule has 0 aliphatic carbocycles. The lowest BCUT2D eigenvalue weighted by Crippen LogP contribution is -2.24. The standard InChI is InChI=1S/C17H21N7O2S/c18-9-11-5-7-24(10-11)16-14-4-6-20-15(14)22-17(23-16)21-12-2-1-3-13(8-12)27(19,25)26/h1-4,6,8,11H,5,7,9-10,18H2,(H2,19,25,26)(H2,20,21,22,23)/t11-/m0/s1. The fourth-order valence-electron chi connectivity index (χ4n) is 3.32. The van der Waals surface area contributed by atoms with Gasteiger partial charge < -0.3 is 20.9 Å². The number of hydrogen-bond acceptors (Lipinski definition) is 7. The predicted molar refractivity (Wildman–Crippen MR) is 104 cm³/mol. The first kappa shape index (κ1) is 17.7. The SMILES string of the molecule is NC[C@@H]1CCN(c2nc(Nc3cccc(S(N)(=O)=O)c3)nc3[nH]ccc23)C1. The first-order chi connectivity index (χ1) is 12.9. The smallest absolute Gasteiger partial charge is 0.238 e. The van der Waals surface area contributed by atoms with Crippen LogP contribution in [0.1, 0.15) is 6.42 Å². The molecule has 27 heavy (non-hydrogen) atoms. The number of fused-ring (bicyclic) bond motifs is 1. The molecule has 3 heterocycles. The summed E-state index contributed by atoms with van der Waals surface area (Å²) in [6.07, 6.45) is 2.86. The third kappa shape index (κ3) is 3.59. The number of aromatic amines is 1. The lowest BCUT2D eigenvalue weighted by molar-refractivity contribution is 0.598. The summed E-state index contributed by atoms with van der Waals surface area (Å²) in [7, 11) is -3.78. The number of aromatic nitrogens is 3. The number of hydrogen-bond donors (Lipinski definition) is 4. The summed E-state index contributed by atoms with van der Waals surface area (Å²) in [6.45, 7) is 2.40. The van der Waals surface area contributed by atoms with Gasteiger partial charge in [0.2, 0.25) is 16.0 Å². The van der Waals surface area contributed by atoms with Gasteiger partial charge in [0.1, 0.15) is 11.5 Å². The van der Waals surface area contributed by atoms with E-state index in [4.69, 9.17) is 10.9 Å². The van der Waals surface area contributed by atoms with Crippen molar-refractivity contribution >= 4 is 38.5 Å². The van der Waals surface area contributed by atoms with Gasteiger partial charge in [0, 0.05) is 25.0 Å². The Balaban J connectivity index is 1.69. The summed E-state index contributed by atoms with van der Waals surface area (Å²) in [6, 6.07) is 8.20. The van der Waals surface area contributed by atoms with Crippen LogP contribution in [0.2, 0.25) is 0 Å². The second-order valence-electron chi connectivity index (χ2n) is 6.65. The van der Waals surface area contributed by atoms with Crippen molar-refractivity contribution in [1.82, 2.24) is 15.0 Å². The molecule has 1 fully saturated rings. The van der Waals surface area contributed by atoms with Gasteiger partial charge in [-0.05, 0) is 43.1 Å². The molecule has 9 nitrogen and oxygen atoms in total. The van der Waals surface area contributed by atoms with Crippen molar-refractivity contribution < 1.29 is 8.42 Å². The number of nitrogens with one attached hydrogen (secondary N) is 2. The van der Waals surface area contributed by atoms with E-state index in [1.54, 1.807) is 12.1 Å². The van der Waals surface area contributed by atoms with Gasteiger partial charge in [-0.1, -0.05) is 6.07 Å². The van der Waals surface area contributed by atoms with E-state index in [1.165, 1.54) is 12.1 Å². The van der Waals surface area contributed by atoms with E-state index in [9.17, 15) is 8.42 Å². The number of nitrogens with two attached hydrogens (primary N) is 2. The lowest BCUT2D eigenvalue weighted by Gasteiger charge is -2.19. The summed E-state index contributed by atoms with van der Waals surface area (Å²) in [5, 5.41) is 9.22. The average molecular weight is 387 g/mol. The zero-order chi connectivity index (χ0) is 19.0. The van der Waals surface area contributed by atoms with Gasteiger partial charge in [-0.25, -0.2) is 13.6 Å². The highest BCUT2D eigenvalue weighted by atomic mass is 32.2. The molecular formula is C17H21N7O2S. The maximum absolute atomic E-state index is 11.6. The molecule has 0 bridgehead atoms. The van der Waals surface area contributed by atoms with Crippen molar-refractivity contribution in [2.75, 3.05) is 29.9 Å². The van der Waals surface area contributed by atoms with E-state index in [-0.39, 0.29) is 4.90 Å². The number of nitrogens with zero attached hydrogens (tertiary/aromatic N) is 3. The molecule has 1 aliphatic heterocycles. The van der Waals surface area contributed by atoms with E-state index in [2.05, 4.69) is 25.2 Å². The molecule has 4 rings (SSSR count). The van der Waals surface area contributed by atoms with Gasteiger partial charge in [0.25, 0.3) is 0 Å². The molecule has 10 heteroatoms. The first-order valence-corrected chi connectivity index (χ1v) is 10.2. The summed E-state index contributed by atoms with van der Waals surface area (Å²) in [5.74, 6) is 1.67. The van der Waals surface area contributed by atoms with E-state index in [1.807, 2.05) is 12.3 Å². The number of rotatable bonds is 5. The van der Waals surface area contributed by atoms with Crippen LogP contribution in [0.5, 0.6) is 0 Å². The Kier molecular flexibility index (Phi) is 4.46. The molecule has 1 saturated heterocycles. The zero-order valence-corrected chi connectivity index (χ0v) is 15.4. The van der Waals surface area contributed by atoms with Crippen LogP contribution < -0.4 is 21.1 Å². The Labute approximate surface area is 156 Å². The minimum absolute atomic E-state index is 0.0269. The molecule has 1 aliphatic rings. The lowest BCUT2D eigenvalue weighted by atomic mass is 10.1. The molecular weight excluding hydrogens is 366 g/mol. The zero-order valence-electron chi connectivity index (χ0n) is 14.6. The molecule has 142 valence electrons. The number of H-pyrrole nitrogens is 1. The minimum atomic E-state index is -3.78. The third-order valence-corrected chi connectivity index (χ3v) is 5.64. The Hall–Kier alpha value is -2.69. The molecule has 1 atom stereocenters. The molecule has 0 saturated carbocycles. The Morgan fingerprint density at radius 1 is 1.30 bits per heavy atom. The van der Waals surface area contributed by atoms with Crippen molar-refractivity contribution in [2.24, 2.45) is 16.8 Å². The van der Waals surface area contributed by atoms with Gasteiger partial charge in [-0.3, -0.25) is 0 Å². The highest BCUT2D eigenvalue weighted by Gasteiger charge is 2.25. The highest BCUT2D eigenvalue weighted by Crippen LogP contribution is 2.30. The number of anilines is 3. The minimum Gasteiger partial charge on any atom is -0.356 e. The maximum Gasteiger partial charge on any atom is 0.238 e. The topological polar surface area (TPSA) is 143 Å². The number of primary sulfonamides is 1. The van der Waals surface area contributed by atoms with Crippen LogP contribution in [0.15, 0.2) is 41.4 Å². The van der Waals surface area contributed by atoms with Crippen LogP contribution >= 0.6 is 0 Å². The average Bonchev–Trinajstić information content (AvgIpc) is 3.29. The Bertz CT molecular complexity index is 1080. The quantitative estimate of drug-likeness (QED) is 0.514. The predicted octanol–water partition coefficient (Wildman–Crippen LogP) is 1.13. The molecule has 2 aromatic heterocycles. The van der Waals surface area contributed by atoms with Gasteiger partial charge in [-0.15, -0.1) is 0 Å². The Morgan fingerprint density at radius 3 is 2.89 bits per heavy atom. The van der Waals surface area contributed by atoms with Crippen LogP contribution in [0.3, 0.4) is 0 Å². The van der Waals surface area contributed by atoms with Crippen molar-refractivity contribution in [2.45, 2.75) is 11.3 Å². The summed E-state index contributed by atoms with van der Waals surface area (Å²) < 4.78 is 23.1. The molecule has 6 N–H and O–H groups in total. The van der Waals surface area contributed by atoms with Crippen LogP contribution in [-0.2, 0) is 10.0 Å². The molecule has 3 aromatic rings. The summed E-state index contributed by atoms with van der Waals surface area (Å²) in [4.78, 5) is 14.5. The van der Waals surface area contributed by atoms with E-state index >= 15 is 0 Å². The van der Waals surface area contributed by atoms with Crippen LogP contribution in [0.25, 0.3) is 11.0 Å². The second-order valence-corrected chi connectivity index (χ2v) is 8.21. The van der Waals surface area contributed by atoms with Crippen molar-refractivity contribution in [1.29, 1.82) is 0 Å². The first-order valence-electron chi connectivity index (χ1n) is 8.64. The number of sulfonamides is 1.